The van der Waals surface area contributed by atoms with Crippen LogP contribution in [0.1, 0.15) is 55.9 Å². The fourth-order valence-corrected chi connectivity index (χ4v) is 3.86. The maximum absolute atomic E-state index is 12.0. The van der Waals surface area contributed by atoms with Crippen LogP contribution in [0.5, 0.6) is 0 Å². The van der Waals surface area contributed by atoms with Gasteiger partial charge in [0.1, 0.15) is 0 Å². The molecule has 1 fully saturated rings. The Morgan fingerprint density at radius 3 is 2.84 bits per heavy atom. The van der Waals surface area contributed by atoms with Crippen molar-refractivity contribution in [3.05, 3.63) is 22.4 Å². The molecule has 4 heteroatoms. The minimum atomic E-state index is 0.176. The maximum atomic E-state index is 12.0. The van der Waals surface area contributed by atoms with E-state index in [4.69, 9.17) is 11.6 Å². The molecule has 2 nitrogen and oxygen atoms in total. The first-order chi connectivity index (χ1) is 9.31. The van der Waals surface area contributed by atoms with Crippen LogP contribution in [0.4, 0.5) is 0 Å². The summed E-state index contributed by atoms with van der Waals surface area (Å²) in [6.07, 6.45) is 7.49. The van der Waals surface area contributed by atoms with Crippen molar-refractivity contribution in [3.63, 3.8) is 0 Å². The van der Waals surface area contributed by atoms with E-state index in [-0.39, 0.29) is 11.9 Å². The Kier molecular flexibility index (Phi) is 6.18. The molecule has 1 aliphatic carbocycles. The second-order valence-electron chi connectivity index (χ2n) is 5.25. The number of rotatable bonds is 7. The lowest BCUT2D eigenvalue weighted by Crippen LogP contribution is -2.32. The molecule has 1 N–H and O–H groups in total. The average molecular weight is 300 g/mol. The van der Waals surface area contributed by atoms with E-state index in [9.17, 15) is 4.79 Å². The van der Waals surface area contributed by atoms with Gasteiger partial charge in [0.2, 0.25) is 5.91 Å². The topological polar surface area (TPSA) is 29.1 Å². The molecular formula is C15H22ClNOS. The van der Waals surface area contributed by atoms with Crippen LogP contribution < -0.4 is 5.32 Å². The number of thiophene rings is 1. The Labute approximate surface area is 124 Å². The van der Waals surface area contributed by atoms with E-state index in [1.165, 1.54) is 30.6 Å². The molecule has 1 amide bonds. The van der Waals surface area contributed by atoms with E-state index >= 15 is 0 Å². The zero-order valence-electron chi connectivity index (χ0n) is 11.2. The van der Waals surface area contributed by atoms with Crippen molar-refractivity contribution in [1.29, 1.82) is 0 Å². The van der Waals surface area contributed by atoms with Crippen molar-refractivity contribution in [2.24, 2.45) is 5.92 Å². The SMILES string of the molecule is O=C(CCCCCl)NC(c1cccs1)C1CCCC1. The van der Waals surface area contributed by atoms with Crippen molar-refractivity contribution >= 4 is 28.8 Å². The number of nitrogens with one attached hydrogen (secondary N) is 1. The van der Waals surface area contributed by atoms with Gasteiger partial charge < -0.3 is 5.32 Å². The quantitative estimate of drug-likeness (QED) is 0.583. The first-order valence-electron chi connectivity index (χ1n) is 7.20. The van der Waals surface area contributed by atoms with E-state index in [0.29, 0.717) is 18.2 Å². The van der Waals surface area contributed by atoms with Crippen LogP contribution in [-0.2, 0) is 4.79 Å². The van der Waals surface area contributed by atoms with Gasteiger partial charge in [-0.2, -0.15) is 0 Å². The fraction of sp³-hybridized carbons (Fsp3) is 0.667. The summed E-state index contributed by atoms with van der Waals surface area (Å²) in [5.74, 6) is 1.44. The minimum Gasteiger partial charge on any atom is -0.348 e. The third-order valence-electron chi connectivity index (χ3n) is 3.82. The number of hydrogen-bond acceptors (Lipinski definition) is 2. The van der Waals surface area contributed by atoms with Gasteiger partial charge in [-0.25, -0.2) is 0 Å². The number of amides is 1. The third-order valence-corrected chi connectivity index (χ3v) is 5.05. The molecule has 0 radical (unpaired) electrons. The Balaban J connectivity index is 1.92. The van der Waals surface area contributed by atoms with Crippen molar-refractivity contribution in [1.82, 2.24) is 5.32 Å². The van der Waals surface area contributed by atoms with Crippen LogP contribution in [-0.4, -0.2) is 11.8 Å². The normalized spacial score (nSPS) is 17.5. The molecule has 19 heavy (non-hydrogen) atoms. The number of alkyl halides is 1. The zero-order valence-corrected chi connectivity index (χ0v) is 12.8. The molecule has 0 aromatic carbocycles. The van der Waals surface area contributed by atoms with E-state index in [2.05, 4.69) is 22.8 Å². The van der Waals surface area contributed by atoms with Crippen LogP contribution in [0, 0.1) is 5.92 Å². The van der Waals surface area contributed by atoms with Gasteiger partial charge in [-0.15, -0.1) is 22.9 Å². The number of halogens is 1. The Bertz CT molecular complexity index is 374. The van der Waals surface area contributed by atoms with Gasteiger partial charge in [0.25, 0.3) is 0 Å². The molecule has 106 valence electrons. The van der Waals surface area contributed by atoms with Gasteiger partial charge in [-0.3, -0.25) is 4.79 Å². The molecule has 0 spiro atoms. The molecule has 1 heterocycles. The number of unbranched alkanes of at least 4 members (excludes halogenated alkanes) is 1. The van der Waals surface area contributed by atoms with Gasteiger partial charge >= 0.3 is 0 Å². The molecule has 1 unspecified atom stereocenters. The summed E-state index contributed by atoms with van der Waals surface area (Å²) in [6.45, 7) is 0. The zero-order chi connectivity index (χ0) is 13.5. The van der Waals surface area contributed by atoms with Crippen LogP contribution >= 0.6 is 22.9 Å². The van der Waals surface area contributed by atoms with E-state index < -0.39 is 0 Å². The summed E-state index contributed by atoms with van der Waals surface area (Å²) in [7, 11) is 0. The average Bonchev–Trinajstić information content (AvgIpc) is 3.09. The molecular weight excluding hydrogens is 278 g/mol. The summed E-state index contributed by atoms with van der Waals surface area (Å²) < 4.78 is 0. The van der Waals surface area contributed by atoms with Gasteiger partial charge in [-0.05, 0) is 43.0 Å². The molecule has 0 saturated heterocycles. The number of carbonyl (C=O) groups is 1. The van der Waals surface area contributed by atoms with Gasteiger partial charge in [-0.1, -0.05) is 18.9 Å². The number of hydrogen-bond donors (Lipinski definition) is 1. The second-order valence-corrected chi connectivity index (χ2v) is 6.61. The predicted octanol–water partition coefficient (Wildman–Crippen LogP) is 4.50. The van der Waals surface area contributed by atoms with Crippen LogP contribution in [0.15, 0.2) is 17.5 Å². The van der Waals surface area contributed by atoms with Crippen molar-refractivity contribution in [2.75, 3.05) is 5.88 Å². The summed E-state index contributed by atoms with van der Waals surface area (Å²) in [5.41, 5.74) is 0. The first kappa shape index (κ1) is 14.9. The van der Waals surface area contributed by atoms with Gasteiger partial charge in [0.05, 0.1) is 6.04 Å². The van der Waals surface area contributed by atoms with Crippen LogP contribution in [0.2, 0.25) is 0 Å². The Hall–Kier alpha value is -0.540. The minimum absolute atomic E-state index is 0.176. The molecule has 1 saturated carbocycles. The van der Waals surface area contributed by atoms with Crippen molar-refractivity contribution < 1.29 is 4.79 Å². The molecule has 2 rings (SSSR count). The lowest BCUT2D eigenvalue weighted by Gasteiger charge is -2.23. The van der Waals surface area contributed by atoms with Gasteiger partial charge in [0.15, 0.2) is 0 Å². The summed E-state index contributed by atoms with van der Waals surface area (Å²) in [4.78, 5) is 13.3. The highest BCUT2D eigenvalue weighted by molar-refractivity contribution is 7.10. The van der Waals surface area contributed by atoms with Crippen LogP contribution in [0.25, 0.3) is 0 Å². The summed E-state index contributed by atoms with van der Waals surface area (Å²) in [5, 5.41) is 5.34. The lowest BCUT2D eigenvalue weighted by molar-refractivity contribution is -0.122. The monoisotopic (exact) mass is 299 g/mol. The highest BCUT2D eigenvalue weighted by Crippen LogP contribution is 2.37. The molecule has 1 aromatic heterocycles. The van der Waals surface area contributed by atoms with Crippen molar-refractivity contribution in [2.45, 2.75) is 51.0 Å². The van der Waals surface area contributed by atoms with Gasteiger partial charge in [0, 0.05) is 17.2 Å². The summed E-state index contributed by atoms with van der Waals surface area (Å²) >= 11 is 7.40. The summed E-state index contributed by atoms with van der Waals surface area (Å²) in [6, 6.07) is 4.44. The highest BCUT2D eigenvalue weighted by atomic mass is 35.5. The smallest absolute Gasteiger partial charge is 0.220 e. The first-order valence-corrected chi connectivity index (χ1v) is 8.61. The fourth-order valence-electron chi connectivity index (χ4n) is 2.81. The standard InChI is InChI=1S/C15H22ClNOS/c16-10-4-3-9-14(18)17-15(12-6-1-2-7-12)13-8-5-11-19-13/h5,8,11-12,15H,1-4,6-7,9-10H2,(H,17,18). The predicted molar refractivity (Wildman–Crippen MR) is 81.7 cm³/mol. The van der Waals surface area contributed by atoms with Crippen LogP contribution in [0.3, 0.4) is 0 Å². The van der Waals surface area contributed by atoms with Crippen molar-refractivity contribution in [3.8, 4) is 0 Å². The molecule has 1 aromatic rings. The maximum Gasteiger partial charge on any atom is 0.220 e. The van der Waals surface area contributed by atoms with E-state index in [0.717, 1.165) is 12.8 Å². The molecule has 0 aliphatic heterocycles. The number of carbonyl (C=O) groups excluding carboxylic acids is 1. The van der Waals surface area contributed by atoms with E-state index in [1.807, 2.05) is 0 Å². The molecule has 0 bridgehead atoms. The Morgan fingerprint density at radius 2 is 2.21 bits per heavy atom. The Morgan fingerprint density at radius 1 is 1.42 bits per heavy atom. The highest BCUT2D eigenvalue weighted by Gasteiger charge is 2.28. The van der Waals surface area contributed by atoms with E-state index in [1.54, 1.807) is 11.3 Å². The molecule has 1 aliphatic rings. The largest absolute Gasteiger partial charge is 0.348 e. The molecule has 1 atom stereocenters. The third kappa shape index (κ3) is 4.50. The lowest BCUT2D eigenvalue weighted by atomic mass is 9.96. The second kappa shape index (κ2) is 7.91.